The number of alkyl halides is 1. The Morgan fingerprint density at radius 1 is 1.62 bits per heavy atom. The van der Waals surface area contributed by atoms with Gasteiger partial charge >= 0.3 is 0 Å². The van der Waals surface area contributed by atoms with Gasteiger partial charge in [-0.1, -0.05) is 15.9 Å². The van der Waals surface area contributed by atoms with E-state index in [1.807, 2.05) is 0 Å². The van der Waals surface area contributed by atoms with Gasteiger partial charge in [0, 0.05) is 10.5 Å². The Labute approximate surface area is 90.5 Å². The number of hydrogen-bond acceptors (Lipinski definition) is 3. The van der Waals surface area contributed by atoms with E-state index < -0.39 is 4.83 Å². The van der Waals surface area contributed by atoms with Crippen molar-refractivity contribution in [1.29, 1.82) is 0 Å². The standard InChI is InChI=1S/C9H9BrO2S/c1-5(11)9(10)7-4-6(13)2-3-8(7)12/h2-4,9,12-13H,1H3. The van der Waals surface area contributed by atoms with E-state index in [1.54, 1.807) is 12.1 Å². The third-order valence-electron chi connectivity index (χ3n) is 1.64. The molecule has 0 aliphatic carbocycles. The molecule has 1 aromatic rings. The lowest BCUT2D eigenvalue weighted by molar-refractivity contribution is -0.116. The summed E-state index contributed by atoms with van der Waals surface area (Å²) in [7, 11) is 0. The number of phenols is 1. The summed E-state index contributed by atoms with van der Waals surface area (Å²) in [6.07, 6.45) is 0. The Kier molecular flexibility index (Phi) is 3.39. The van der Waals surface area contributed by atoms with Crippen LogP contribution in [0.2, 0.25) is 0 Å². The Morgan fingerprint density at radius 2 is 2.23 bits per heavy atom. The average molecular weight is 261 g/mol. The van der Waals surface area contributed by atoms with Crippen LogP contribution in [-0.4, -0.2) is 10.9 Å². The molecular weight excluding hydrogens is 252 g/mol. The number of carbonyl (C=O) groups excluding carboxylic acids is 1. The van der Waals surface area contributed by atoms with Crippen molar-refractivity contribution in [3.63, 3.8) is 0 Å². The van der Waals surface area contributed by atoms with Crippen LogP contribution in [0.15, 0.2) is 23.1 Å². The van der Waals surface area contributed by atoms with Crippen LogP contribution in [0.1, 0.15) is 17.3 Å². The molecule has 1 N–H and O–H groups in total. The second-order valence-electron chi connectivity index (χ2n) is 2.72. The molecular formula is C9H9BrO2S. The quantitative estimate of drug-likeness (QED) is 0.634. The molecule has 0 saturated heterocycles. The van der Waals surface area contributed by atoms with E-state index in [0.29, 0.717) is 5.56 Å². The summed E-state index contributed by atoms with van der Waals surface area (Å²) in [5.41, 5.74) is 0.556. The summed E-state index contributed by atoms with van der Waals surface area (Å²) in [6, 6.07) is 4.86. The van der Waals surface area contributed by atoms with Crippen LogP contribution in [0, 0.1) is 0 Å². The molecule has 13 heavy (non-hydrogen) atoms. The van der Waals surface area contributed by atoms with Gasteiger partial charge in [0.2, 0.25) is 0 Å². The minimum atomic E-state index is -0.459. The van der Waals surface area contributed by atoms with E-state index in [-0.39, 0.29) is 11.5 Å². The van der Waals surface area contributed by atoms with Gasteiger partial charge in [0.15, 0.2) is 0 Å². The zero-order valence-corrected chi connectivity index (χ0v) is 9.47. The molecule has 0 amide bonds. The lowest BCUT2D eigenvalue weighted by Crippen LogP contribution is -2.01. The fraction of sp³-hybridized carbons (Fsp3) is 0.222. The molecule has 0 aliphatic rings. The summed E-state index contributed by atoms with van der Waals surface area (Å²) >= 11 is 7.31. The number of carbonyl (C=O) groups is 1. The number of hydrogen-bond donors (Lipinski definition) is 2. The number of phenolic OH excluding ortho intramolecular Hbond substituents is 1. The highest BCUT2D eigenvalue weighted by molar-refractivity contribution is 9.09. The van der Waals surface area contributed by atoms with Gasteiger partial charge in [0.25, 0.3) is 0 Å². The molecule has 0 aromatic heterocycles. The van der Waals surface area contributed by atoms with Crippen LogP contribution in [-0.2, 0) is 4.79 Å². The highest BCUT2D eigenvalue weighted by Crippen LogP contribution is 2.32. The first-order valence-corrected chi connectivity index (χ1v) is 5.05. The normalized spacial score (nSPS) is 12.5. The zero-order valence-electron chi connectivity index (χ0n) is 6.99. The first kappa shape index (κ1) is 10.6. The van der Waals surface area contributed by atoms with Crippen molar-refractivity contribution in [2.45, 2.75) is 16.6 Å². The number of rotatable bonds is 2. The van der Waals surface area contributed by atoms with Crippen molar-refractivity contribution in [2.75, 3.05) is 0 Å². The molecule has 1 atom stereocenters. The number of aromatic hydroxyl groups is 1. The number of thiol groups is 1. The van der Waals surface area contributed by atoms with Gasteiger partial charge in [-0.05, 0) is 25.1 Å². The largest absolute Gasteiger partial charge is 0.508 e. The van der Waals surface area contributed by atoms with Gasteiger partial charge in [0.1, 0.15) is 16.4 Å². The highest BCUT2D eigenvalue weighted by Gasteiger charge is 2.16. The monoisotopic (exact) mass is 260 g/mol. The molecule has 4 heteroatoms. The van der Waals surface area contributed by atoms with Gasteiger partial charge < -0.3 is 5.11 Å². The molecule has 0 spiro atoms. The fourth-order valence-corrected chi connectivity index (χ4v) is 1.54. The Balaban J connectivity index is 3.12. The maximum absolute atomic E-state index is 11.0. The van der Waals surface area contributed by atoms with Crippen molar-refractivity contribution < 1.29 is 9.90 Å². The molecule has 2 nitrogen and oxygen atoms in total. The number of Topliss-reactive ketones (excluding diaryl/α,β-unsaturated/α-hetero) is 1. The van der Waals surface area contributed by atoms with Crippen molar-refractivity contribution in [3.8, 4) is 5.75 Å². The summed E-state index contributed by atoms with van der Waals surface area (Å²) in [4.78, 5) is 11.3. The van der Waals surface area contributed by atoms with Gasteiger partial charge in [0.05, 0.1) is 0 Å². The first-order valence-electron chi connectivity index (χ1n) is 3.68. The third kappa shape index (κ3) is 2.48. The van der Waals surface area contributed by atoms with E-state index >= 15 is 0 Å². The lowest BCUT2D eigenvalue weighted by Gasteiger charge is -2.08. The van der Waals surface area contributed by atoms with Gasteiger partial charge in [-0.3, -0.25) is 4.79 Å². The SMILES string of the molecule is CC(=O)C(Br)c1cc(S)ccc1O. The smallest absolute Gasteiger partial charge is 0.147 e. The third-order valence-corrected chi connectivity index (χ3v) is 3.06. The molecule has 0 aliphatic heterocycles. The molecule has 70 valence electrons. The summed E-state index contributed by atoms with van der Waals surface area (Å²) in [5, 5.41) is 9.44. The summed E-state index contributed by atoms with van der Waals surface area (Å²) in [5.74, 6) is 0.0594. The molecule has 0 saturated carbocycles. The van der Waals surface area contributed by atoms with E-state index in [4.69, 9.17) is 0 Å². The predicted molar refractivity (Wildman–Crippen MR) is 57.7 cm³/mol. The zero-order chi connectivity index (χ0) is 10.0. The van der Waals surface area contributed by atoms with Crippen LogP contribution < -0.4 is 0 Å². The lowest BCUT2D eigenvalue weighted by atomic mass is 10.1. The maximum atomic E-state index is 11.0. The number of benzene rings is 1. The minimum absolute atomic E-state index is 0.0470. The van der Waals surface area contributed by atoms with Crippen molar-refractivity contribution in [1.82, 2.24) is 0 Å². The van der Waals surface area contributed by atoms with Crippen LogP contribution >= 0.6 is 28.6 Å². The van der Waals surface area contributed by atoms with Crippen LogP contribution in [0.5, 0.6) is 5.75 Å². The van der Waals surface area contributed by atoms with Crippen LogP contribution in [0.3, 0.4) is 0 Å². The number of ketones is 1. The molecule has 0 fully saturated rings. The number of halogens is 1. The second kappa shape index (κ2) is 4.15. The topological polar surface area (TPSA) is 37.3 Å². The molecule has 1 aromatic carbocycles. The van der Waals surface area contributed by atoms with Crippen LogP contribution in [0.25, 0.3) is 0 Å². The van der Waals surface area contributed by atoms with E-state index in [9.17, 15) is 9.90 Å². The minimum Gasteiger partial charge on any atom is -0.508 e. The van der Waals surface area contributed by atoms with Crippen molar-refractivity contribution >= 4 is 34.3 Å². The fourth-order valence-electron chi connectivity index (χ4n) is 0.964. The Bertz CT molecular complexity index is 338. The van der Waals surface area contributed by atoms with Crippen molar-refractivity contribution in [3.05, 3.63) is 23.8 Å². The highest BCUT2D eigenvalue weighted by atomic mass is 79.9. The van der Waals surface area contributed by atoms with Gasteiger partial charge in [-0.15, -0.1) is 12.6 Å². The summed E-state index contributed by atoms with van der Waals surface area (Å²) in [6.45, 7) is 1.46. The van der Waals surface area contributed by atoms with E-state index in [0.717, 1.165) is 4.90 Å². The van der Waals surface area contributed by atoms with Gasteiger partial charge in [-0.2, -0.15) is 0 Å². The molecule has 0 bridgehead atoms. The van der Waals surface area contributed by atoms with Crippen LogP contribution in [0.4, 0.5) is 0 Å². The Hall–Kier alpha value is -0.480. The van der Waals surface area contributed by atoms with E-state index in [1.165, 1.54) is 13.0 Å². The maximum Gasteiger partial charge on any atom is 0.147 e. The molecule has 0 heterocycles. The summed E-state index contributed by atoms with van der Waals surface area (Å²) < 4.78 is 0. The van der Waals surface area contributed by atoms with E-state index in [2.05, 4.69) is 28.6 Å². The first-order chi connectivity index (χ1) is 6.02. The molecule has 0 radical (unpaired) electrons. The predicted octanol–water partition coefficient (Wildman–Crippen LogP) is 2.71. The second-order valence-corrected chi connectivity index (χ2v) is 4.15. The Morgan fingerprint density at radius 3 is 2.77 bits per heavy atom. The van der Waals surface area contributed by atoms with Crippen molar-refractivity contribution in [2.24, 2.45) is 0 Å². The molecule has 1 unspecified atom stereocenters. The average Bonchev–Trinajstić information content (AvgIpc) is 2.08. The molecule has 1 rings (SSSR count). The van der Waals surface area contributed by atoms with Gasteiger partial charge in [-0.25, -0.2) is 0 Å².